The molecule has 2 heterocycles. The second kappa shape index (κ2) is 5.69. The fourth-order valence-electron chi connectivity index (χ4n) is 2.11. The van der Waals surface area contributed by atoms with Gasteiger partial charge in [0.2, 0.25) is 0 Å². The fourth-order valence-corrected chi connectivity index (χ4v) is 2.11. The first-order chi connectivity index (χ1) is 9.13. The lowest BCUT2D eigenvalue weighted by atomic mass is 10.3. The highest BCUT2D eigenvalue weighted by atomic mass is 16.5. The largest absolute Gasteiger partial charge is 0.466 e. The van der Waals surface area contributed by atoms with Gasteiger partial charge in [0.25, 0.3) is 5.56 Å². The first-order valence-electron chi connectivity index (χ1n) is 6.32. The SMILES string of the molecule is CCOC(=O)CCCn1cc(C)c2nc[nH]c(=O)c21. The van der Waals surface area contributed by atoms with Gasteiger partial charge < -0.3 is 14.3 Å². The van der Waals surface area contributed by atoms with Crippen molar-refractivity contribution in [3.63, 3.8) is 0 Å². The number of carbonyl (C=O) groups excluding carboxylic acids is 1. The zero-order chi connectivity index (χ0) is 13.8. The number of hydrogen-bond donors (Lipinski definition) is 1. The minimum absolute atomic E-state index is 0.158. The third-order valence-electron chi connectivity index (χ3n) is 2.92. The molecular formula is C13H17N3O3. The average molecular weight is 263 g/mol. The highest BCUT2D eigenvalue weighted by Gasteiger charge is 2.10. The Labute approximate surface area is 110 Å². The van der Waals surface area contributed by atoms with Crippen molar-refractivity contribution in [2.75, 3.05) is 6.61 Å². The Bertz CT molecular complexity index is 642. The number of rotatable bonds is 5. The molecule has 2 rings (SSSR count). The molecule has 0 unspecified atom stereocenters. The molecule has 2 aromatic rings. The van der Waals surface area contributed by atoms with Gasteiger partial charge in [-0.2, -0.15) is 0 Å². The topological polar surface area (TPSA) is 77.0 Å². The quantitative estimate of drug-likeness (QED) is 0.827. The van der Waals surface area contributed by atoms with Crippen LogP contribution in [-0.2, 0) is 16.1 Å². The van der Waals surface area contributed by atoms with Crippen LogP contribution in [0.25, 0.3) is 11.0 Å². The van der Waals surface area contributed by atoms with Gasteiger partial charge >= 0.3 is 5.97 Å². The Morgan fingerprint density at radius 2 is 2.32 bits per heavy atom. The Morgan fingerprint density at radius 3 is 3.05 bits per heavy atom. The number of fused-ring (bicyclic) bond motifs is 1. The predicted molar refractivity (Wildman–Crippen MR) is 71.0 cm³/mol. The Balaban J connectivity index is 2.13. The summed E-state index contributed by atoms with van der Waals surface area (Å²) in [5, 5.41) is 0. The number of aromatic nitrogens is 3. The number of nitrogens with one attached hydrogen (secondary N) is 1. The molecule has 0 saturated carbocycles. The van der Waals surface area contributed by atoms with Crippen LogP contribution >= 0.6 is 0 Å². The zero-order valence-corrected chi connectivity index (χ0v) is 11.1. The van der Waals surface area contributed by atoms with Crippen molar-refractivity contribution in [3.8, 4) is 0 Å². The van der Waals surface area contributed by atoms with Crippen molar-refractivity contribution in [2.24, 2.45) is 0 Å². The smallest absolute Gasteiger partial charge is 0.305 e. The van der Waals surface area contributed by atoms with Crippen molar-refractivity contribution < 1.29 is 9.53 Å². The van der Waals surface area contributed by atoms with Crippen LogP contribution < -0.4 is 5.56 Å². The molecule has 19 heavy (non-hydrogen) atoms. The molecule has 0 atom stereocenters. The van der Waals surface area contributed by atoms with E-state index >= 15 is 0 Å². The number of nitrogens with zero attached hydrogens (tertiary/aromatic N) is 2. The van der Waals surface area contributed by atoms with E-state index in [1.54, 1.807) is 6.92 Å². The van der Waals surface area contributed by atoms with E-state index in [1.807, 2.05) is 17.7 Å². The van der Waals surface area contributed by atoms with Gasteiger partial charge in [-0.1, -0.05) is 0 Å². The molecule has 0 aliphatic carbocycles. The van der Waals surface area contributed by atoms with Crippen molar-refractivity contribution in [1.82, 2.24) is 14.5 Å². The number of ether oxygens (including phenoxy) is 1. The number of aryl methyl sites for hydroxylation is 2. The number of aromatic amines is 1. The summed E-state index contributed by atoms with van der Waals surface area (Å²) in [5.74, 6) is -0.206. The zero-order valence-electron chi connectivity index (χ0n) is 11.1. The minimum atomic E-state index is -0.206. The fraction of sp³-hybridized carbons (Fsp3) is 0.462. The summed E-state index contributed by atoms with van der Waals surface area (Å²) in [5.41, 5.74) is 2.07. The average Bonchev–Trinajstić information content (AvgIpc) is 2.68. The Kier molecular flexibility index (Phi) is 3.99. The molecule has 0 aliphatic heterocycles. The monoisotopic (exact) mass is 263 g/mol. The third-order valence-corrected chi connectivity index (χ3v) is 2.92. The standard InChI is InChI=1S/C13H17N3O3/c1-3-19-10(17)5-4-6-16-7-9(2)11-12(16)13(18)15-8-14-11/h7-8H,3-6H2,1-2H3,(H,14,15,18). The van der Waals surface area contributed by atoms with Gasteiger partial charge in [0, 0.05) is 19.2 Å². The second-order valence-electron chi connectivity index (χ2n) is 4.34. The van der Waals surface area contributed by atoms with Crippen LogP contribution in [0.15, 0.2) is 17.3 Å². The van der Waals surface area contributed by atoms with Gasteiger partial charge in [0.1, 0.15) is 5.52 Å². The molecule has 6 heteroatoms. The van der Waals surface area contributed by atoms with E-state index in [4.69, 9.17) is 4.74 Å². The van der Waals surface area contributed by atoms with E-state index in [-0.39, 0.29) is 11.5 Å². The molecule has 102 valence electrons. The highest BCUT2D eigenvalue weighted by Crippen LogP contribution is 2.15. The maximum atomic E-state index is 11.8. The normalized spacial score (nSPS) is 10.8. The van der Waals surface area contributed by atoms with Gasteiger partial charge in [-0.15, -0.1) is 0 Å². The van der Waals surface area contributed by atoms with E-state index in [2.05, 4.69) is 9.97 Å². The lowest BCUT2D eigenvalue weighted by Gasteiger charge is -2.04. The Morgan fingerprint density at radius 1 is 1.53 bits per heavy atom. The van der Waals surface area contributed by atoms with Crippen LogP contribution in [0.2, 0.25) is 0 Å². The van der Waals surface area contributed by atoms with E-state index < -0.39 is 0 Å². The molecular weight excluding hydrogens is 246 g/mol. The molecule has 0 aromatic carbocycles. The number of hydrogen-bond acceptors (Lipinski definition) is 4. The maximum absolute atomic E-state index is 11.8. The second-order valence-corrected chi connectivity index (χ2v) is 4.34. The third kappa shape index (κ3) is 2.83. The summed E-state index contributed by atoms with van der Waals surface area (Å²) >= 11 is 0. The molecule has 0 aliphatic rings. The van der Waals surface area contributed by atoms with Crippen molar-refractivity contribution in [1.29, 1.82) is 0 Å². The summed E-state index contributed by atoms with van der Waals surface area (Å²) in [6.45, 7) is 4.69. The van der Waals surface area contributed by atoms with Gasteiger partial charge in [-0.05, 0) is 25.8 Å². The van der Waals surface area contributed by atoms with Crippen molar-refractivity contribution in [2.45, 2.75) is 33.2 Å². The maximum Gasteiger partial charge on any atom is 0.305 e. The van der Waals surface area contributed by atoms with Crippen LogP contribution in [0.4, 0.5) is 0 Å². The molecule has 1 N–H and O–H groups in total. The van der Waals surface area contributed by atoms with Crippen LogP contribution in [0.3, 0.4) is 0 Å². The van der Waals surface area contributed by atoms with Crippen molar-refractivity contribution >= 4 is 17.0 Å². The summed E-state index contributed by atoms with van der Waals surface area (Å²) in [6.07, 6.45) is 4.28. The molecule has 0 fully saturated rings. The number of esters is 1. The molecule has 6 nitrogen and oxygen atoms in total. The Hall–Kier alpha value is -2.11. The van der Waals surface area contributed by atoms with Gasteiger partial charge in [0.15, 0.2) is 0 Å². The summed E-state index contributed by atoms with van der Waals surface area (Å²) in [7, 11) is 0. The van der Waals surface area contributed by atoms with Gasteiger partial charge in [-0.25, -0.2) is 4.98 Å². The van der Waals surface area contributed by atoms with Crippen LogP contribution in [0.5, 0.6) is 0 Å². The van der Waals surface area contributed by atoms with E-state index in [1.165, 1.54) is 6.33 Å². The van der Waals surface area contributed by atoms with Crippen LogP contribution in [-0.4, -0.2) is 27.1 Å². The van der Waals surface area contributed by atoms with Crippen molar-refractivity contribution in [3.05, 3.63) is 28.4 Å². The molecule has 0 saturated heterocycles. The summed E-state index contributed by atoms with van der Waals surface area (Å²) in [4.78, 5) is 29.8. The molecule has 2 aromatic heterocycles. The molecule has 0 spiro atoms. The first kappa shape index (κ1) is 13.3. The van der Waals surface area contributed by atoms with E-state index in [9.17, 15) is 9.59 Å². The van der Waals surface area contributed by atoms with Gasteiger partial charge in [0.05, 0.1) is 18.5 Å². The highest BCUT2D eigenvalue weighted by molar-refractivity contribution is 5.78. The molecule has 0 radical (unpaired) electrons. The lowest BCUT2D eigenvalue weighted by molar-refractivity contribution is -0.143. The number of H-pyrrole nitrogens is 1. The predicted octanol–water partition coefficient (Wildman–Crippen LogP) is 1.38. The summed E-state index contributed by atoms with van der Waals surface area (Å²) < 4.78 is 6.71. The van der Waals surface area contributed by atoms with Crippen LogP contribution in [0.1, 0.15) is 25.3 Å². The molecule has 0 bridgehead atoms. The number of carbonyl (C=O) groups is 1. The minimum Gasteiger partial charge on any atom is -0.466 e. The van der Waals surface area contributed by atoms with Crippen LogP contribution in [0, 0.1) is 6.92 Å². The summed E-state index contributed by atoms with van der Waals surface area (Å²) in [6, 6.07) is 0. The van der Waals surface area contributed by atoms with E-state index in [0.29, 0.717) is 37.0 Å². The van der Waals surface area contributed by atoms with E-state index in [0.717, 1.165) is 5.56 Å². The van der Waals surface area contributed by atoms with Gasteiger partial charge in [-0.3, -0.25) is 9.59 Å². The first-order valence-corrected chi connectivity index (χ1v) is 6.32. The molecule has 0 amide bonds. The lowest BCUT2D eigenvalue weighted by Crippen LogP contribution is -2.12.